The van der Waals surface area contributed by atoms with E-state index in [1.54, 1.807) is 0 Å². The number of rotatable bonds is 8. The normalized spacial score (nSPS) is 19.6. The maximum Gasteiger partial charge on any atom is 0.0641 e. The average molecular weight is 218 g/mol. The van der Waals surface area contributed by atoms with Crippen molar-refractivity contribution in [2.75, 3.05) is 13.2 Å². The lowest BCUT2D eigenvalue weighted by molar-refractivity contribution is -0.0412. The van der Waals surface area contributed by atoms with Gasteiger partial charge in [0.2, 0.25) is 0 Å². The van der Waals surface area contributed by atoms with Crippen LogP contribution >= 0.6 is 0 Å². The molecule has 15 heavy (non-hydrogen) atoms. The van der Waals surface area contributed by atoms with Crippen molar-refractivity contribution in [1.29, 1.82) is 0 Å². The molecule has 0 bridgehead atoms. The van der Waals surface area contributed by atoms with Crippen LogP contribution in [0.15, 0.2) is 0 Å². The van der Waals surface area contributed by atoms with Gasteiger partial charge in [-0.1, -0.05) is 27.2 Å². The van der Waals surface area contributed by atoms with E-state index in [1.165, 1.54) is 0 Å². The third-order valence-corrected chi connectivity index (χ3v) is 3.49. The monoisotopic (exact) mass is 218 g/mol. The van der Waals surface area contributed by atoms with Crippen molar-refractivity contribution in [3.8, 4) is 0 Å². The first-order chi connectivity index (χ1) is 7.01. The van der Waals surface area contributed by atoms with E-state index < -0.39 is 11.5 Å². The summed E-state index contributed by atoms with van der Waals surface area (Å²) in [6.45, 7) is 6.15. The minimum Gasteiger partial charge on any atom is -0.396 e. The molecule has 0 aliphatic carbocycles. The second-order valence-electron chi connectivity index (χ2n) is 4.81. The molecule has 3 nitrogen and oxygen atoms in total. The Morgan fingerprint density at radius 2 is 1.80 bits per heavy atom. The van der Waals surface area contributed by atoms with Gasteiger partial charge in [-0.25, -0.2) is 0 Å². The second-order valence-corrected chi connectivity index (χ2v) is 4.81. The van der Waals surface area contributed by atoms with Crippen molar-refractivity contribution in [1.82, 2.24) is 0 Å². The number of hydrogen-bond donors (Lipinski definition) is 3. The minimum atomic E-state index is -0.466. The third-order valence-electron chi connectivity index (χ3n) is 3.49. The molecule has 0 aliphatic heterocycles. The molecule has 0 saturated heterocycles. The van der Waals surface area contributed by atoms with Crippen LogP contribution < -0.4 is 0 Å². The molecule has 0 spiro atoms. The number of unbranched alkanes of at least 4 members (excludes halogenated alkanes) is 1. The molecule has 0 heterocycles. The van der Waals surface area contributed by atoms with Crippen LogP contribution in [0, 0.1) is 11.3 Å². The van der Waals surface area contributed by atoms with Crippen LogP contribution in [0.5, 0.6) is 0 Å². The molecule has 0 rings (SSSR count). The molecule has 0 aromatic carbocycles. The van der Waals surface area contributed by atoms with Crippen molar-refractivity contribution >= 4 is 0 Å². The summed E-state index contributed by atoms with van der Waals surface area (Å²) in [7, 11) is 0. The molecule has 0 amide bonds. The highest BCUT2D eigenvalue weighted by atomic mass is 16.3. The Hall–Kier alpha value is -0.120. The van der Waals surface area contributed by atoms with Crippen LogP contribution in [0.1, 0.15) is 46.5 Å². The summed E-state index contributed by atoms with van der Waals surface area (Å²) in [5, 5.41) is 28.1. The molecule has 92 valence electrons. The van der Waals surface area contributed by atoms with E-state index in [1.807, 2.05) is 20.8 Å². The van der Waals surface area contributed by atoms with Gasteiger partial charge >= 0.3 is 0 Å². The van der Waals surface area contributed by atoms with Crippen molar-refractivity contribution in [2.24, 2.45) is 11.3 Å². The summed E-state index contributed by atoms with van der Waals surface area (Å²) in [5.74, 6) is 0.175. The summed E-state index contributed by atoms with van der Waals surface area (Å²) in [6, 6.07) is 0. The van der Waals surface area contributed by atoms with Crippen molar-refractivity contribution < 1.29 is 15.3 Å². The van der Waals surface area contributed by atoms with Crippen LogP contribution in [-0.4, -0.2) is 34.6 Å². The van der Waals surface area contributed by atoms with Crippen LogP contribution in [0.2, 0.25) is 0 Å². The van der Waals surface area contributed by atoms with Gasteiger partial charge in [0.1, 0.15) is 0 Å². The molecule has 0 aromatic heterocycles. The predicted octanol–water partition coefficient (Wildman–Crippen LogP) is 1.55. The summed E-state index contributed by atoms with van der Waals surface area (Å²) in [6.07, 6.45) is 2.93. The van der Waals surface area contributed by atoms with Gasteiger partial charge in [0.05, 0.1) is 12.7 Å². The first kappa shape index (κ1) is 14.9. The van der Waals surface area contributed by atoms with E-state index in [0.717, 1.165) is 25.7 Å². The summed E-state index contributed by atoms with van der Waals surface area (Å²) < 4.78 is 0. The number of aliphatic hydroxyl groups is 3. The smallest absolute Gasteiger partial charge is 0.0641 e. The fourth-order valence-electron chi connectivity index (χ4n) is 1.84. The van der Waals surface area contributed by atoms with Gasteiger partial charge in [-0.05, 0) is 25.2 Å². The maximum atomic E-state index is 10.1. The minimum absolute atomic E-state index is 0.0228. The molecule has 3 atom stereocenters. The van der Waals surface area contributed by atoms with Gasteiger partial charge in [-0.3, -0.25) is 0 Å². The number of aliphatic hydroxyl groups excluding tert-OH is 3. The van der Waals surface area contributed by atoms with E-state index in [9.17, 15) is 10.2 Å². The Morgan fingerprint density at radius 1 is 1.20 bits per heavy atom. The van der Waals surface area contributed by atoms with Crippen molar-refractivity contribution in [3.05, 3.63) is 0 Å². The first-order valence-corrected chi connectivity index (χ1v) is 5.91. The molecular formula is C12H26O3. The lowest BCUT2D eigenvalue weighted by atomic mass is 9.76. The largest absolute Gasteiger partial charge is 0.396 e. The molecule has 3 unspecified atom stereocenters. The molecule has 0 saturated carbocycles. The maximum absolute atomic E-state index is 10.1. The summed E-state index contributed by atoms with van der Waals surface area (Å²) in [4.78, 5) is 0. The first-order valence-electron chi connectivity index (χ1n) is 5.91. The second kappa shape index (κ2) is 7.20. The highest BCUT2D eigenvalue weighted by Gasteiger charge is 2.33. The molecule has 3 heteroatoms. The van der Waals surface area contributed by atoms with E-state index in [4.69, 9.17) is 5.11 Å². The van der Waals surface area contributed by atoms with E-state index in [2.05, 4.69) is 0 Å². The quantitative estimate of drug-likeness (QED) is 0.542. The van der Waals surface area contributed by atoms with E-state index >= 15 is 0 Å². The Kier molecular flexibility index (Phi) is 7.14. The zero-order valence-corrected chi connectivity index (χ0v) is 10.2. The fourth-order valence-corrected chi connectivity index (χ4v) is 1.84. The van der Waals surface area contributed by atoms with Gasteiger partial charge < -0.3 is 15.3 Å². The fraction of sp³-hybridized carbons (Fsp3) is 1.00. The summed E-state index contributed by atoms with van der Waals surface area (Å²) in [5.41, 5.74) is -0.390. The van der Waals surface area contributed by atoms with Gasteiger partial charge in [0.15, 0.2) is 0 Å². The standard InChI is InChI=1S/C12H26O3/c1-4-12(3,9-14)11(15)10(2)7-5-6-8-13/h10-11,13-15H,4-9H2,1-3H3. The van der Waals surface area contributed by atoms with Crippen LogP contribution in [0.3, 0.4) is 0 Å². The predicted molar refractivity (Wildman–Crippen MR) is 61.6 cm³/mol. The van der Waals surface area contributed by atoms with Gasteiger partial charge in [-0.15, -0.1) is 0 Å². The zero-order valence-electron chi connectivity index (χ0n) is 10.2. The number of hydrogen-bond acceptors (Lipinski definition) is 3. The molecule has 0 aliphatic rings. The highest BCUT2D eigenvalue weighted by molar-refractivity contribution is 4.83. The Bertz CT molecular complexity index is 155. The van der Waals surface area contributed by atoms with E-state index in [0.29, 0.717) is 0 Å². The van der Waals surface area contributed by atoms with Gasteiger partial charge in [-0.2, -0.15) is 0 Å². The van der Waals surface area contributed by atoms with Gasteiger partial charge in [0, 0.05) is 12.0 Å². The Balaban J connectivity index is 4.10. The topological polar surface area (TPSA) is 60.7 Å². The molecule has 0 aromatic rings. The van der Waals surface area contributed by atoms with Gasteiger partial charge in [0.25, 0.3) is 0 Å². The summed E-state index contributed by atoms with van der Waals surface area (Å²) >= 11 is 0. The highest BCUT2D eigenvalue weighted by Crippen LogP contribution is 2.31. The zero-order chi connectivity index (χ0) is 11.9. The third kappa shape index (κ3) is 4.49. The SMILES string of the molecule is CCC(C)(CO)C(O)C(C)CCCCO. The lowest BCUT2D eigenvalue weighted by Gasteiger charge is -2.35. The van der Waals surface area contributed by atoms with Crippen LogP contribution in [0.25, 0.3) is 0 Å². The molecule has 0 fully saturated rings. The molecule has 3 N–H and O–H groups in total. The molecule has 0 radical (unpaired) electrons. The lowest BCUT2D eigenvalue weighted by Crippen LogP contribution is -2.39. The van der Waals surface area contributed by atoms with Crippen LogP contribution in [-0.2, 0) is 0 Å². The Morgan fingerprint density at radius 3 is 2.20 bits per heavy atom. The van der Waals surface area contributed by atoms with Crippen LogP contribution in [0.4, 0.5) is 0 Å². The van der Waals surface area contributed by atoms with Crippen molar-refractivity contribution in [2.45, 2.75) is 52.6 Å². The molecular weight excluding hydrogens is 192 g/mol. The van der Waals surface area contributed by atoms with E-state index in [-0.39, 0.29) is 19.1 Å². The average Bonchev–Trinajstić information content (AvgIpc) is 2.27. The Labute approximate surface area is 93.1 Å². The van der Waals surface area contributed by atoms with Crippen molar-refractivity contribution in [3.63, 3.8) is 0 Å².